The Labute approximate surface area is 118 Å². The monoisotopic (exact) mass is 281 g/mol. The van der Waals surface area contributed by atoms with E-state index in [9.17, 15) is 0 Å². The second-order valence-electron chi connectivity index (χ2n) is 4.69. The van der Waals surface area contributed by atoms with Crippen molar-refractivity contribution >= 4 is 31.8 Å². The van der Waals surface area contributed by atoms with E-state index in [1.54, 1.807) is 28.5 Å². The van der Waals surface area contributed by atoms with Gasteiger partial charge in [-0.1, -0.05) is 0 Å². The van der Waals surface area contributed by atoms with E-state index in [0.717, 1.165) is 31.9 Å². The molecule has 0 unspecified atom stereocenters. The van der Waals surface area contributed by atoms with E-state index in [1.807, 2.05) is 19.2 Å². The molecule has 0 saturated heterocycles. The van der Waals surface area contributed by atoms with Gasteiger partial charge in [-0.25, -0.2) is 19.6 Å². The first-order chi connectivity index (χ1) is 9.74. The molecule has 0 aliphatic heterocycles. The van der Waals surface area contributed by atoms with E-state index >= 15 is 0 Å². The van der Waals surface area contributed by atoms with Gasteiger partial charge in [0.15, 0.2) is 5.82 Å². The zero-order valence-electron chi connectivity index (χ0n) is 11.0. The average molecular weight is 281 g/mol. The van der Waals surface area contributed by atoms with E-state index in [0.29, 0.717) is 0 Å². The van der Waals surface area contributed by atoms with Crippen LogP contribution in [0.2, 0.25) is 0 Å². The molecular formula is C14H11N5S. The number of fused-ring (bicyclic) bond motifs is 3. The van der Waals surface area contributed by atoms with Gasteiger partial charge in [0.2, 0.25) is 0 Å². The van der Waals surface area contributed by atoms with Crippen LogP contribution in [0.1, 0.15) is 11.3 Å². The lowest BCUT2D eigenvalue weighted by Gasteiger charge is -2.01. The maximum Gasteiger partial charge on any atom is 0.174 e. The summed E-state index contributed by atoms with van der Waals surface area (Å²) in [6, 6.07) is 3.97. The number of hydrogen-bond acceptors (Lipinski definition) is 5. The summed E-state index contributed by atoms with van der Waals surface area (Å²) in [7, 11) is 0. The topological polar surface area (TPSA) is 56.5 Å². The highest BCUT2D eigenvalue weighted by Crippen LogP contribution is 2.35. The van der Waals surface area contributed by atoms with Crippen LogP contribution in [0, 0.1) is 13.8 Å². The van der Waals surface area contributed by atoms with Gasteiger partial charge in [-0.2, -0.15) is 5.10 Å². The summed E-state index contributed by atoms with van der Waals surface area (Å²) >= 11 is 1.62. The number of thiophene rings is 1. The summed E-state index contributed by atoms with van der Waals surface area (Å²) in [5.74, 6) is 0.806. The van der Waals surface area contributed by atoms with Crippen molar-refractivity contribution in [3.05, 3.63) is 42.1 Å². The number of pyridine rings is 1. The zero-order chi connectivity index (χ0) is 13.7. The van der Waals surface area contributed by atoms with Crippen LogP contribution >= 0.6 is 11.3 Å². The number of nitrogens with zero attached hydrogens (tertiary/aromatic N) is 5. The molecule has 0 aliphatic rings. The lowest BCUT2D eigenvalue weighted by molar-refractivity contribution is 0.853. The van der Waals surface area contributed by atoms with E-state index in [-0.39, 0.29) is 0 Å². The van der Waals surface area contributed by atoms with Gasteiger partial charge in [0.25, 0.3) is 0 Å². The van der Waals surface area contributed by atoms with E-state index in [1.165, 1.54) is 5.56 Å². The molecule has 4 aromatic heterocycles. The molecule has 0 aliphatic carbocycles. The molecular weight excluding hydrogens is 270 g/mol. The molecule has 0 amide bonds. The molecule has 0 atom stereocenters. The van der Waals surface area contributed by atoms with Gasteiger partial charge in [0.1, 0.15) is 15.9 Å². The SMILES string of the molecule is Cc1cc(C)c2c(n1)sc1c(-n3cccn3)ncnc12. The van der Waals surface area contributed by atoms with Gasteiger partial charge in [0, 0.05) is 23.5 Å². The van der Waals surface area contributed by atoms with Crippen molar-refractivity contribution in [3.8, 4) is 5.82 Å². The fraction of sp³-hybridized carbons (Fsp3) is 0.143. The summed E-state index contributed by atoms with van der Waals surface area (Å²) in [5, 5.41) is 5.38. The van der Waals surface area contributed by atoms with Crippen molar-refractivity contribution in [1.29, 1.82) is 0 Å². The molecule has 6 heteroatoms. The van der Waals surface area contributed by atoms with Crippen LogP contribution in [0.4, 0.5) is 0 Å². The Morgan fingerprint density at radius 2 is 2.10 bits per heavy atom. The number of aryl methyl sites for hydroxylation is 2. The van der Waals surface area contributed by atoms with Crippen LogP contribution in [-0.2, 0) is 0 Å². The summed E-state index contributed by atoms with van der Waals surface area (Å²) in [5.41, 5.74) is 3.18. The number of rotatable bonds is 1. The second kappa shape index (κ2) is 4.08. The third kappa shape index (κ3) is 1.55. The fourth-order valence-corrected chi connectivity index (χ4v) is 3.69. The molecule has 4 rings (SSSR count). The quantitative estimate of drug-likeness (QED) is 0.538. The Bertz CT molecular complexity index is 924. The highest BCUT2D eigenvalue weighted by molar-refractivity contribution is 7.25. The van der Waals surface area contributed by atoms with E-state index < -0.39 is 0 Å². The highest BCUT2D eigenvalue weighted by Gasteiger charge is 2.15. The average Bonchev–Trinajstić information content (AvgIpc) is 3.04. The summed E-state index contributed by atoms with van der Waals surface area (Å²) in [6.07, 6.45) is 5.22. The first-order valence-electron chi connectivity index (χ1n) is 6.25. The normalized spacial score (nSPS) is 11.5. The van der Waals surface area contributed by atoms with Crippen molar-refractivity contribution in [2.24, 2.45) is 0 Å². The van der Waals surface area contributed by atoms with Crippen LogP contribution in [0.5, 0.6) is 0 Å². The Hall–Kier alpha value is -2.34. The predicted molar refractivity (Wildman–Crippen MR) is 79.3 cm³/mol. The third-order valence-electron chi connectivity index (χ3n) is 3.25. The van der Waals surface area contributed by atoms with E-state index in [4.69, 9.17) is 0 Å². The molecule has 98 valence electrons. The maximum atomic E-state index is 4.62. The lowest BCUT2D eigenvalue weighted by atomic mass is 10.1. The predicted octanol–water partition coefficient (Wildman–Crippen LogP) is 3.04. The maximum absolute atomic E-state index is 4.62. The lowest BCUT2D eigenvalue weighted by Crippen LogP contribution is -1.98. The van der Waals surface area contributed by atoms with Crippen LogP contribution < -0.4 is 0 Å². The molecule has 0 aromatic carbocycles. The zero-order valence-corrected chi connectivity index (χ0v) is 11.8. The molecule has 0 bridgehead atoms. The molecule has 0 fully saturated rings. The molecule has 5 nitrogen and oxygen atoms in total. The minimum absolute atomic E-state index is 0.806. The van der Waals surface area contributed by atoms with Crippen molar-refractivity contribution in [3.63, 3.8) is 0 Å². The molecule has 0 spiro atoms. The van der Waals surface area contributed by atoms with Crippen molar-refractivity contribution in [2.45, 2.75) is 13.8 Å². The third-order valence-corrected chi connectivity index (χ3v) is 4.32. The van der Waals surface area contributed by atoms with Crippen LogP contribution in [0.3, 0.4) is 0 Å². The fourth-order valence-electron chi connectivity index (χ4n) is 2.45. The highest BCUT2D eigenvalue weighted by atomic mass is 32.1. The van der Waals surface area contributed by atoms with Gasteiger partial charge in [-0.3, -0.25) is 0 Å². The van der Waals surface area contributed by atoms with Crippen LogP contribution in [0.25, 0.3) is 26.3 Å². The summed E-state index contributed by atoms with van der Waals surface area (Å²) in [4.78, 5) is 14.4. The summed E-state index contributed by atoms with van der Waals surface area (Å²) < 4.78 is 2.79. The molecule has 4 heterocycles. The van der Waals surface area contributed by atoms with Gasteiger partial charge in [-0.15, -0.1) is 11.3 Å². The molecule has 0 radical (unpaired) electrons. The number of aromatic nitrogens is 5. The molecule has 0 saturated carbocycles. The minimum Gasteiger partial charge on any atom is -0.242 e. The van der Waals surface area contributed by atoms with Gasteiger partial charge >= 0.3 is 0 Å². The smallest absolute Gasteiger partial charge is 0.174 e. The van der Waals surface area contributed by atoms with Gasteiger partial charge < -0.3 is 0 Å². The van der Waals surface area contributed by atoms with Crippen molar-refractivity contribution in [1.82, 2.24) is 24.7 Å². The number of hydrogen-bond donors (Lipinski definition) is 0. The van der Waals surface area contributed by atoms with Crippen LogP contribution in [-0.4, -0.2) is 24.7 Å². The van der Waals surface area contributed by atoms with Crippen molar-refractivity contribution in [2.75, 3.05) is 0 Å². The Morgan fingerprint density at radius 1 is 1.20 bits per heavy atom. The van der Waals surface area contributed by atoms with E-state index in [2.05, 4.69) is 33.0 Å². The second-order valence-corrected chi connectivity index (χ2v) is 5.69. The van der Waals surface area contributed by atoms with Gasteiger partial charge in [0.05, 0.1) is 5.52 Å². The first kappa shape index (κ1) is 11.5. The van der Waals surface area contributed by atoms with Gasteiger partial charge in [-0.05, 0) is 31.5 Å². The molecule has 20 heavy (non-hydrogen) atoms. The van der Waals surface area contributed by atoms with Crippen molar-refractivity contribution < 1.29 is 0 Å². The first-order valence-corrected chi connectivity index (χ1v) is 7.07. The van der Waals surface area contributed by atoms with Crippen LogP contribution in [0.15, 0.2) is 30.9 Å². The molecule has 4 aromatic rings. The Morgan fingerprint density at radius 3 is 2.90 bits per heavy atom. The largest absolute Gasteiger partial charge is 0.242 e. The summed E-state index contributed by atoms with van der Waals surface area (Å²) in [6.45, 7) is 4.11. The molecule has 0 N–H and O–H groups in total. The minimum atomic E-state index is 0.806. The Balaban J connectivity index is 2.17. The standard InChI is InChI=1S/C14H11N5S/c1-8-6-9(2)18-14-10(8)11-12(20-14)13(16-7-15-11)19-5-3-4-17-19/h3-7H,1-2H3. The Kier molecular flexibility index (Phi) is 2.34.